The number of hydrogen-bond donors (Lipinski definition) is 0. The first-order valence-corrected chi connectivity index (χ1v) is 10.2. The second kappa shape index (κ2) is 9.83. The maximum atomic E-state index is 11.2. The summed E-state index contributed by atoms with van der Waals surface area (Å²) in [6, 6.07) is 22.9. The van der Waals surface area contributed by atoms with Crippen LogP contribution in [0.1, 0.15) is 16.8 Å². The van der Waals surface area contributed by atoms with Crippen molar-refractivity contribution in [3.63, 3.8) is 0 Å². The van der Waals surface area contributed by atoms with E-state index in [0.29, 0.717) is 17.9 Å². The molecule has 138 valence electrons. The van der Waals surface area contributed by atoms with Crippen molar-refractivity contribution in [1.82, 2.24) is 0 Å². The fraction of sp³-hybridized carbons (Fsp3) is 0.174. The third-order valence-electron chi connectivity index (χ3n) is 4.04. The summed E-state index contributed by atoms with van der Waals surface area (Å²) in [5.74, 6) is 3.40. The van der Waals surface area contributed by atoms with E-state index < -0.39 is 0 Å². The molecule has 0 fully saturated rings. The van der Waals surface area contributed by atoms with Gasteiger partial charge in [-0.2, -0.15) is 11.8 Å². The Hall–Kier alpha value is -2.72. The predicted octanol–water partition coefficient (Wildman–Crippen LogP) is 6.09. The highest BCUT2D eigenvalue weighted by atomic mass is 32.2. The Bertz CT molecular complexity index is 861. The van der Waals surface area contributed by atoms with Crippen LogP contribution in [-0.4, -0.2) is 24.9 Å². The van der Waals surface area contributed by atoms with Gasteiger partial charge in [-0.1, -0.05) is 30.3 Å². The summed E-state index contributed by atoms with van der Waals surface area (Å²) >= 11 is 1.82. The van der Waals surface area contributed by atoms with E-state index in [1.54, 1.807) is 6.07 Å². The number of hydrogen-bond acceptors (Lipinski definition) is 4. The summed E-state index contributed by atoms with van der Waals surface area (Å²) in [5.41, 5.74) is 2.46. The van der Waals surface area contributed by atoms with Gasteiger partial charge in [0.1, 0.15) is 23.5 Å². The molecule has 0 radical (unpaired) electrons. The molecule has 3 nitrogen and oxygen atoms in total. The Balaban J connectivity index is 1.82. The third-order valence-corrected chi connectivity index (χ3v) is 4.73. The lowest BCUT2D eigenvalue weighted by Crippen LogP contribution is -1.98. The minimum atomic E-state index is 0.614. The molecule has 0 aliphatic rings. The van der Waals surface area contributed by atoms with Gasteiger partial charge in [0.25, 0.3) is 0 Å². The topological polar surface area (TPSA) is 35.5 Å². The zero-order chi connectivity index (χ0) is 18.9. The highest BCUT2D eigenvalue weighted by Gasteiger charge is 2.09. The van der Waals surface area contributed by atoms with Crippen molar-refractivity contribution in [3.05, 3.63) is 78.4 Å². The first-order valence-electron chi connectivity index (χ1n) is 8.84. The Morgan fingerprint density at radius 1 is 0.926 bits per heavy atom. The molecule has 0 heterocycles. The summed E-state index contributed by atoms with van der Waals surface area (Å²) in [4.78, 5) is 11.2. The van der Waals surface area contributed by atoms with Crippen LogP contribution >= 0.6 is 11.8 Å². The highest BCUT2D eigenvalue weighted by Crippen LogP contribution is 2.34. The van der Waals surface area contributed by atoms with Crippen LogP contribution in [0, 0.1) is 0 Å². The van der Waals surface area contributed by atoms with Gasteiger partial charge in [0, 0.05) is 11.1 Å². The SMILES string of the molecule is CSCCCOc1ccc(-c2cc(C=O)ccc2Oc2ccccc2)cc1. The van der Waals surface area contributed by atoms with Gasteiger partial charge in [-0.3, -0.25) is 4.79 Å². The normalized spacial score (nSPS) is 10.4. The molecule has 3 aromatic carbocycles. The molecule has 0 saturated heterocycles. The lowest BCUT2D eigenvalue weighted by atomic mass is 10.0. The summed E-state index contributed by atoms with van der Waals surface area (Å²) in [7, 11) is 0. The van der Waals surface area contributed by atoms with E-state index in [2.05, 4.69) is 6.26 Å². The van der Waals surface area contributed by atoms with Crippen LogP contribution in [0.2, 0.25) is 0 Å². The molecule has 0 unspecified atom stereocenters. The van der Waals surface area contributed by atoms with Gasteiger partial charge in [0.15, 0.2) is 0 Å². The van der Waals surface area contributed by atoms with Crippen molar-refractivity contribution in [2.24, 2.45) is 0 Å². The van der Waals surface area contributed by atoms with Crippen LogP contribution in [0.15, 0.2) is 72.8 Å². The molecule has 0 aliphatic carbocycles. The Labute approximate surface area is 164 Å². The molecule has 0 aliphatic heterocycles. The smallest absolute Gasteiger partial charge is 0.150 e. The van der Waals surface area contributed by atoms with Crippen molar-refractivity contribution in [2.45, 2.75) is 6.42 Å². The highest BCUT2D eigenvalue weighted by molar-refractivity contribution is 7.98. The summed E-state index contributed by atoms with van der Waals surface area (Å²) in [6.07, 6.45) is 3.97. The zero-order valence-electron chi connectivity index (χ0n) is 15.3. The lowest BCUT2D eigenvalue weighted by Gasteiger charge is -2.13. The molecule has 0 atom stereocenters. The average Bonchev–Trinajstić information content (AvgIpc) is 2.73. The largest absolute Gasteiger partial charge is 0.494 e. The van der Waals surface area contributed by atoms with Gasteiger partial charge in [0.2, 0.25) is 0 Å². The number of thioether (sulfide) groups is 1. The number of rotatable bonds is 9. The van der Waals surface area contributed by atoms with E-state index in [9.17, 15) is 4.79 Å². The lowest BCUT2D eigenvalue weighted by molar-refractivity contribution is 0.112. The van der Waals surface area contributed by atoms with E-state index in [-0.39, 0.29) is 0 Å². The van der Waals surface area contributed by atoms with Gasteiger partial charge in [0.05, 0.1) is 6.61 Å². The van der Waals surface area contributed by atoms with Crippen molar-refractivity contribution in [2.75, 3.05) is 18.6 Å². The fourth-order valence-electron chi connectivity index (χ4n) is 2.68. The standard InChI is InChI=1S/C23H22O3S/c1-27-15-5-14-25-20-11-9-19(10-12-20)22-16-18(17-24)8-13-23(22)26-21-6-3-2-4-7-21/h2-4,6-13,16-17H,5,14-15H2,1H3. The molecule has 0 bridgehead atoms. The Morgan fingerprint density at radius 3 is 2.41 bits per heavy atom. The summed E-state index contributed by atoms with van der Waals surface area (Å²) < 4.78 is 11.8. The molecule has 3 rings (SSSR count). The number of carbonyl (C=O) groups excluding carboxylic acids is 1. The molecule has 0 N–H and O–H groups in total. The first-order chi connectivity index (χ1) is 13.3. The minimum Gasteiger partial charge on any atom is -0.494 e. The minimum absolute atomic E-state index is 0.614. The van der Waals surface area contributed by atoms with Crippen LogP contribution in [0.25, 0.3) is 11.1 Å². The van der Waals surface area contributed by atoms with E-state index in [0.717, 1.165) is 41.1 Å². The van der Waals surface area contributed by atoms with Gasteiger partial charge in [-0.25, -0.2) is 0 Å². The predicted molar refractivity (Wildman–Crippen MR) is 112 cm³/mol. The molecular formula is C23H22O3S. The van der Waals surface area contributed by atoms with Gasteiger partial charge >= 0.3 is 0 Å². The Morgan fingerprint density at radius 2 is 1.70 bits per heavy atom. The number of carbonyl (C=O) groups is 1. The average molecular weight is 378 g/mol. The molecule has 27 heavy (non-hydrogen) atoms. The molecule has 4 heteroatoms. The first kappa shape index (κ1) is 19.1. The molecule has 3 aromatic rings. The second-order valence-electron chi connectivity index (χ2n) is 6.01. The van der Waals surface area contributed by atoms with Crippen LogP contribution in [-0.2, 0) is 0 Å². The van der Waals surface area contributed by atoms with Gasteiger partial charge in [-0.15, -0.1) is 0 Å². The van der Waals surface area contributed by atoms with Crippen molar-refractivity contribution in [3.8, 4) is 28.4 Å². The van der Waals surface area contributed by atoms with Gasteiger partial charge < -0.3 is 9.47 Å². The van der Waals surface area contributed by atoms with E-state index in [1.807, 2.05) is 78.5 Å². The van der Waals surface area contributed by atoms with Crippen LogP contribution in [0.4, 0.5) is 0 Å². The molecule has 0 amide bonds. The molecular weight excluding hydrogens is 356 g/mol. The zero-order valence-corrected chi connectivity index (χ0v) is 16.1. The Kier molecular flexibility index (Phi) is 6.94. The molecule has 0 saturated carbocycles. The van der Waals surface area contributed by atoms with E-state index >= 15 is 0 Å². The van der Waals surface area contributed by atoms with Crippen LogP contribution in [0.3, 0.4) is 0 Å². The van der Waals surface area contributed by atoms with E-state index in [4.69, 9.17) is 9.47 Å². The number of benzene rings is 3. The quantitative estimate of drug-likeness (QED) is 0.333. The fourth-order valence-corrected chi connectivity index (χ4v) is 3.08. The molecule has 0 spiro atoms. The van der Waals surface area contributed by atoms with Crippen molar-refractivity contribution >= 4 is 18.0 Å². The van der Waals surface area contributed by atoms with Crippen LogP contribution < -0.4 is 9.47 Å². The van der Waals surface area contributed by atoms with E-state index in [1.165, 1.54) is 0 Å². The van der Waals surface area contributed by atoms with Crippen LogP contribution in [0.5, 0.6) is 17.2 Å². The summed E-state index contributed by atoms with van der Waals surface area (Å²) in [5, 5.41) is 0. The maximum absolute atomic E-state index is 11.2. The number of ether oxygens (including phenoxy) is 2. The third kappa shape index (κ3) is 5.38. The number of para-hydroxylation sites is 1. The van der Waals surface area contributed by atoms with Crippen molar-refractivity contribution in [1.29, 1.82) is 0 Å². The summed E-state index contributed by atoms with van der Waals surface area (Å²) in [6.45, 7) is 0.711. The van der Waals surface area contributed by atoms with Crippen molar-refractivity contribution < 1.29 is 14.3 Å². The second-order valence-corrected chi connectivity index (χ2v) is 6.99. The maximum Gasteiger partial charge on any atom is 0.150 e. The monoisotopic (exact) mass is 378 g/mol. The van der Waals surface area contributed by atoms with Gasteiger partial charge in [-0.05, 0) is 66.5 Å². The number of aldehydes is 1. The molecule has 0 aromatic heterocycles.